The number of benzene rings is 4. The fourth-order valence-corrected chi connectivity index (χ4v) is 5.33. The van der Waals surface area contributed by atoms with Gasteiger partial charge in [0, 0.05) is 24.3 Å². The molecule has 0 unspecified atom stereocenters. The summed E-state index contributed by atoms with van der Waals surface area (Å²) in [6.07, 6.45) is 2.44. The number of amides is 1. The number of hydrogen-bond acceptors (Lipinski definition) is 6. The first-order valence-electron chi connectivity index (χ1n) is 13.8. The van der Waals surface area contributed by atoms with Crippen molar-refractivity contribution in [1.29, 1.82) is 5.26 Å². The number of hydrogen-bond donors (Lipinski definition) is 1. The number of aryl methyl sites for hydroxylation is 1. The number of esters is 1. The Morgan fingerprint density at radius 1 is 0.905 bits per heavy atom. The van der Waals surface area contributed by atoms with Crippen molar-refractivity contribution >= 4 is 29.3 Å². The maximum atomic E-state index is 13.6. The molecule has 0 spiro atoms. The second-order valence-electron chi connectivity index (χ2n) is 10.0. The third-order valence-corrected chi connectivity index (χ3v) is 7.76. The molecule has 0 heterocycles. The Bertz CT molecular complexity index is 1550. The van der Waals surface area contributed by atoms with Crippen LogP contribution in [-0.2, 0) is 22.6 Å². The SMILES string of the molecule is COC(=O)[C@H](CCSC)NC(=O)c1ccc(CN(Cc2ccccc2)c2ccc(C#N)cc2)cc1-c1ccccc1C. The van der Waals surface area contributed by atoms with E-state index in [2.05, 4.69) is 34.5 Å². The largest absolute Gasteiger partial charge is 0.467 e. The van der Waals surface area contributed by atoms with Crippen LogP contribution in [0.15, 0.2) is 97.1 Å². The molecule has 0 radical (unpaired) electrons. The number of carbonyl (C=O) groups excluding carboxylic acids is 2. The molecule has 7 heteroatoms. The van der Waals surface area contributed by atoms with E-state index < -0.39 is 12.0 Å². The van der Waals surface area contributed by atoms with Crippen LogP contribution in [0.25, 0.3) is 11.1 Å². The zero-order valence-corrected chi connectivity index (χ0v) is 25.0. The Kier molecular flexibility index (Phi) is 10.8. The summed E-state index contributed by atoms with van der Waals surface area (Å²) in [4.78, 5) is 28.3. The summed E-state index contributed by atoms with van der Waals surface area (Å²) >= 11 is 1.61. The Morgan fingerprint density at radius 2 is 1.60 bits per heavy atom. The standard InChI is InChI=1S/C35H35N3O3S/c1-25-9-7-8-12-30(25)32-21-28(15-18-31(32)34(39)37-33(19-20-42-3)35(40)41-2)24-38(23-27-10-5-4-6-11-27)29-16-13-26(22-36)14-17-29/h4-18,21,33H,19-20,23-24H2,1-3H3,(H,37,39)/t33-/m0/s1. The van der Waals surface area contributed by atoms with Gasteiger partial charge in [0.25, 0.3) is 5.91 Å². The molecule has 1 atom stereocenters. The fourth-order valence-electron chi connectivity index (χ4n) is 4.86. The first-order valence-corrected chi connectivity index (χ1v) is 15.2. The number of nitrogens with one attached hydrogen (secondary N) is 1. The van der Waals surface area contributed by atoms with Crippen molar-refractivity contribution in [3.05, 3.63) is 125 Å². The number of carbonyl (C=O) groups is 2. The summed E-state index contributed by atoms with van der Waals surface area (Å²) in [5.74, 6) is -0.0501. The Labute approximate surface area is 252 Å². The van der Waals surface area contributed by atoms with Gasteiger partial charge in [0.05, 0.1) is 18.7 Å². The van der Waals surface area contributed by atoms with Crippen LogP contribution in [0.4, 0.5) is 5.69 Å². The van der Waals surface area contributed by atoms with Crippen LogP contribution in [0.2, 0.25) is 0 Å². The van der Waals surface area contributed by atoms with Crippen molar-refractivity contribution in [2.45, 2.75) is 32.5 Å². The summed E-state index contributed by atoms with van der Waals surface area (Å²) in [5, 5.41) is 12.2. The monoisotopic (exact) mass is 577 g/mol. The quantitative estimate of drug-likeness (QED) is 0.187. The highest BCUT2D eigenvalue weighted by Gasteiger charge is 2.24. The first-order chi connectivity index (χ1) is 20.4. The van der Waals surface area contributed by atoms with Gasteiger partial charge in [-0.25, -0.2) is 4.79 Å². The molecule has 0 fully saturated rings. The van der Waals surface area contributed by atoms with Gasteiger partial charge in [0.1, 0.15) is 6.04 Å². The van der Waals surface area contributed by atoms with Gasteiger partial charge < -0.3 is 15.0 Å². The average molecular weight is 578 g/mol. The van der Waals surface area contributed by atoms with Crippen LogP contribution >= 0.6 is 11.8 Å². The van der Waals surface area contributed by atoms with Crippen molar-refractivity contribution in [3.8, 4) is 17.2 Å². The molecule has 42 heavy (non-hydrogen) atoms. The van der Waals surface area contributed by atoms with E-state index in [0.717, 1.165) is 39.3 Å². The van der Waals surface area contributed by atoms with Crippen molar-refractivity contribution in [3.63, 3.8) is 0 Å². The molecule has 214 valence electrons. The Morgan fingerprint density at radius 3 is 2.26 bits per heavy atom. The molecule has 4 aromatic rings. The zero-order chi connectivity index (χ0) is 29.9. The van der Waals surface area contributed by atoms with E-state index in [9.17, 15) is 14.9 Å². The molecular weight excluding hydrogens is 542 g/mol. The number of thioether (sulfide) groups is 1. The van der Waals surface area contributed by atoms with Crippen molar-refractivity contribution in [2.24, 2.45) is 0 Å². The lowest BCUT2D eigenvalue weighted by atomic mass is 9.93. The Balaban J connectivity index is 1.72. The molecule has 0 bridgehead atoms. The molecule has 1 N–H and O–H groups in total. The van der Waals surface area contributed by atoms with Crippen LogP contribution in [0.1, 0.15) is 39.0 Å². The number of ether oxygens (including phenoxy) is 1. The fraction of sp³-hybridized carbons (Fsp3) is 0.229. The minimum Gasteiger partial charge on any atom is -0.467 e. The number of nitriles is 1. The van der Waals surface area contributed by atoms with E-state index in [1.54, 1.807) is 11.8 Å². The minimum absolute atomic E-state index is 0.315. The molecule has 4 rings (SSSR count). The maximum absolute atomic E-state index is 13.6. The van der Waals surface area contributed by atoms with Gasteiger partial charge in [-0.3, -0.25) is 4.79 Å². The molecule has 4 aromatic carbocycles. The predicted molar refractivity (Wildman–Crippen MR) is 170 cm³/mol. The van der Waals surface area contributed by atoms with E-state index in [4.69, 9.17) is 4.74 Å². The first kappa shape index (κ1) is 30.4. The smallest absolute Gasteiger partial charge is 0.328 e. The topological polar surface area (TPSA) is 82.4 Å². The van der Waals surface area contributed by atoms with Crippen LogP contribution in [0, 0.1) is 18.3 Å². The highest BCUT2D eigenvalue weighted by molar-refractivity contribution is 7.98. The lowest BCUT2D eigenvalue weighted by Gasteiger charge is -2.26. The molecular formula is C35H35N3O3S. The van der Waals surface area contributed by atoms with Gasteiger partial charge in [-0.15, -0.1) is 0 Å². The van der Waals surface area contributed by atoms with E-state index >= 15 is 0 Å². The van der Waals surface area contributed by atoms with Gasteiger partial charge in [0.2, 0.25) is 0 Å². The molecule has 6 nitrogen and oxygen atoms in total. The van der Waals surface area contributed by atoms with Gasteiger partial charge in [0.15, 0.2) is 0 Å². The molecule has 0 aliphatic rings. The van der Waals surface area contributed by atoms with Crippen LogP contribution in [0.3, 0.4) is 0 Å². The third kappa shape index (κ3) is 7.80. The summed E-state index contributed by atoms with van der Waals surface area (Å²) in [5.41, 5.74) is 7.09. The summed E-state index contributed by atoms with van der Waals surface area (Å²) < 4.78 is 4.96. The van der Waals surface area contributed by atoms with Gasteiger partial charge in [-0.2, -0.15) is 17.0 Å². The summed E-state index contributed by atoms with van der Waals surface area (Å²) in [7, 11) is 1.34. The summed E-state index contributed by atoms with van der Waals surface area (Å²) in [6.45, 7) is 3.28. The second-order valence-corrected chi connectivity index (χ2v) is 11.0. The third-order valence-electron chi connectivity index (χ3n) is 7.12. The molecule has 0 aliphatic heterocycles. The average Bonchev–Trinajstić information content (AvgIpc) is 3.03. The molecule has 0 aromatic heterocycles. The second kappa shape index (κ2) is 14.9. The number of anilines is 1. The highest BCUT2D eigenvalue weighted by atomic mass is 32.2. The lowest BCUT2D eigenvalue weighted by molar-refractivity contribution is -0.142. The normalized spacial score (nSPS) is 11.3. The Hall–Kier alpha value is -4.54. The van der Waals surface area contributed by atoms with Crippen LogP contribution < -0.4 is 10.2 Å². The maximum Gasteiger partial charge on any atom is 0.328 e. The summed E-state index contributed by atoms with van der Waals surface area (Å²) in [6, 6.07) is 33.1. The minimum atomic E-state index is -0.725. The number of rotatable bonds is 12. The number of nitrogens with zero attached hydrogens (tertiary/aromatic N) is 2. The predicted octanol–water partition coefficient (Wildman–Crippen LogP) is 6.77. The van der Waals surface area contributed by atoms with E-state index in [1.807, 2.05) is 92.0 Å². The van der Waals surface area contributed by atoms with Crippen LogP contribution in [-0.4, -0.2) is 37.0 Å². The van der Waals surface area contributed by atoms with Gasteiger partial charge in [-0.05, 0) is 89.6 Å². The van der Waals surface area contributed by atoms with E-state index in [-0.39, 0.29) is 5.91 Å². The van der Waals surface area contributed by atoms with E-state index in [0.29, 0.717) is 30.6 Å². The highest BCUT2D eigenvalue weighted by Crippen LogP contribution is 2.30. The van der Waals surface area contributed by atoms with Crippen LogP contribution in [0.5, 0.6) is 0 Å². The molecule has 0 saturated heterocycles. The lowest BCUT2D eigenvalue weighted by Crippen LogP contribution is -2.42. The molecule has 0 saturated carbocycles. The van der Waals surface area contributed by atoms with Gasteiger partial charge in [-0.1, -0.05) is 60.7 Å². The van der Waals surface area contributed by atoms with Crippen molar-refractivity contribution < 1.29 is 14.3 Å². The van der Waals surface area contributed by atoms with E-state index in [1.165, 1.54) is 7.11 Å². The zero-order valence-electron chi connectivity index (χ0n) is 24.2. The van der Waals surface area contributed by atoms with Crippen molar-refractivity contribution in [1.82, 2.24) is 5.32 Å². The molecule has 0 aliphatic carbocycles. The molecule has 1 amide bonds. The number of methoxy groups -OCH3 is 1. The van der Waals surface area contributed by atoms with Gasteiger partial charge >= 0.3 is 5.97 Å². The van der Waals surface area contributed by atoms with Crippen molar-refractivity contribution in [2.75, 3.05) is 24.0 Å².